The predicted molar refractivity (Wildman–Crippen MR) is 287 cm³/mol. The lowest BCUT2D eigenvalue weighted by Crippen LogP contribution is -2.60. The van der Waals surface area contributed by atoms with Crippen molar-refractivity contribution in [3.05, 3.63) is 60.8 Å². The van der Waals surface area contributed by atoms with Crippen molar-refractivity contribution in [2.75, 3.05) is 19.8 Å². The van der Waals surface area contributed by atoms with Crippen LogP contribution in [0.15, 0.2) is 60.8 Å². The van der Waals surface area contributed by atoms with Crippen molar-refractivity contribution in [3.63, 3.8) is 0 Å². The monoisotopic (exact) mass is 988 g/mol. The van der Waals surface area contributed by atoms with Crippen LogP contribution in [-0.4, -0.2) is 100 Å². The lowest BCUT2D eigenvalue weighted by molar-refractivity contribution is -0.302. The molecule has 1 saturated heterocycles. The van der Waals surface area contributed by atoms with E-state index in [1.54, 1.807) is 6.08 Å². The molecular weight excluding hydrogens is 883 g/mol. The van der Waals surface area contributed by atoms with E-state index in [1.165, 1.54) is 122 Å². The van der Waals surface area contributed by atoms with Crippen molar-refractivity contribution in [2.45, 2.75) is 281 Å². The van der Waals surface area contributed by atoms with Crippen molar-refractivity contribution >= 4 is 11.9 Å². The number of carbonyl (C=O) groups excluding carboxylic acids is 2. The van der Waals surface area contributed by atoms with E-state index < -0.39 is 49.5 Å². The molecule has 1 rings (SSSR count). The number of unbranched alkanes of at least 4 members (excludes halogenated alkanes) is 27. The summed E-state index contributed by atoms with van der Waals surface area (Å²) in [5.74, 6) is -0.245. The van der Waals surface area contributed by atoms with Gasteiger partial charge in [0, 0.05) is 12.8 Å². The van der Waals surface area contributed by atoms with Crippen molar-refractivity contribution in [3.8, 4) is 0 Å². The fourth-order valence-corrected chi connectivity index (χ4v) is 8.49. The molecule has 0 aromatic heterocycles. The predicted octanol–water partition coefficient (Wildman–Crippen LogP) is 12.7. The number of nitrogens with one attached hydrogen (secondary N) is 1. The molecule has 0 aliphatic carbocycles. The number of carbonyl (C=O) groups is 2. The first-order valence-electron chi connectivity index (χ1n) is 28.6. The maximum absolute atomic E-state index is 13.0. The normalized spacial score (nSPS) is 19.7. The van der Waals surface area contributed by atoms with Gasteiger partial charge in [0.15, 0.2) is 6.29 Å². The van der Waals surface area contributed by atoms with Crippen LogP contribution in [-0.2, 0) is 23.8 Å². The molecule has 0 bridgehead atoms. The van der Waals surface area contributed by atoms with Gasteiger partial charge in [-0.15, -0.1) is 0 Å². The Morgan fingerprint density at radius 2 is 0.971 bits per heavy atom. The second-order valence-corrected chi connectivity index (χ2v) is 19.6. The Hall–Kier alpha value is -2.64. The topological polar surface area (TPSA) is 175 Å². The molecule has 70 heavy (non-hydrogen) atoms. The number of esters is 1. The molecule has 1 fully saturated rings. The number of hydrogen-bond acceptors (Lipinski definition) is 10. The molecule has 0 spiro atoms. The fourth-order valence-electron chi connectivity index (χ4n) is 8.49. The maximum Gasteiger partial charge on any atom is 0.305 e. The molecule has 11 nitrogen and oxygen atoms in total. The Morgan fingerprint density at radius 1 is 0.529 bits per heavy atom. The van der Waals surface area contributed by atoms with Crippen LogP contribution >= 0.6 is 0 Å². The number of aliphatic hydroxyl groups is 5. The molecule has 7 atom stereocenters. The van der Waals surface area contributed by atoms with Crippen LogP contribution in [0.3, 0.4) is 0 Å². The summed E-state index contributed by atoms with van der Waals surface area (Å²) < 4.78 is 16.6. The smallest absolute Gasteiger partial charge is 0.305 e. The minimum absolute atomic E-state index is 0.0385. The van der Waals surface area contributed by atoms with E-state index in [9.17, 15) is 35.1 Å². The average molecular weight is 988 g/mol. The summed E-state index contributed by atoms with van der Waals surface area (Å²) in [5.41, 5.74) is 0. The summed E-state index contributed by atoms with van der Waals surface area (Å²) in [5, 5.41) is 54.1. The van der Waals surface area contributed by atoms with Crippen LogP contribution in [0.4, 0.5) is 0 Å². The van der Waals surface area contributed by atoms with Gasteiger partial charge in [-0.25, -0.2) is 0 Å². The van der Waals surface area contributed by atoms with Crippen molar-refractivity contribution in [2.24, 2.45) is 0 Å². The number of ether oxygens (including phenoxy) is 3. The Morgan fingerprint density at radius 3 is 1.53 bits per heavy atom. The molecule has 0 saturated carbocycles. The first-order chi connectivity index (χ1) is 34.2. The zero-order valence-electron chi connectivity index (χ0n) is 44.5. The van der Waals surface area contributed by atoms with E-state index >= 15 is 0 Å². The van der Waals surface area contributed by atoms with Crippen molar-refractivity contribution in [1.29, 1.82) is 0 Å². The molecule has 1 aliphatic rings. The van der Waals surface area contributed by atoms with Crippen LogP contribution in [0, 0.1) is 0 Å². The Labute approximate surface area is 427 Å². The second kappa shape index (κ2) is 48.6. The number of amides is 1. The summed E-state index contributed by atoms with van der Waals surface area (Å²) >= 11 is 0. The summed E-state index contributed by atoms with van der Waals surface area (Å²) in [6.45, 7) is 4.20. The van der Waals surface area contributed by atoms with Crippen LogP contribution < -0.4 is 5.32 Å². The van der Waals surface area contributed by atoms with E-state index in [2.05, 4.69) is 67.8 Å². The third-order valence-electron chi connectivity index (χ3n) is 13.1. The molecule has 6 N–H and O–H groups in total. The van der Waals surface area contributed by atoms with E-state index in [0.717, 1.165) is 89.9 Å². The van der Waals surface area contributed by atoms with E-state index in [0.29, 0.717) is 19.4 Å². The first kappa shape index (κ1) is 65.4. The second-order valence-electron chi connectivity index (χ2n) is 19.6. The molecule has 0 radical (unpaired) electrons. The van der Waals surface area contributed by atoms with Gasteiger partial charge >= 0.3 is 5.97 Å². The largest absolute Gasteiger partial charge is 0.466 e. The summed E-state index contributed by atoms with van der Waals surface area (Å²) in [6.07, 6.45) is 51.8. The van der Waals surface area contributed by atoms with Gasteiger partial charge in [-0.3, -0.25) is 9.59 Å². The van der Waals surface area contributed by atoms with Gasteiger partial charge in [-0.1, -0.05) is 184 Å². The maximum atomic E-state index is 13.0. The number of allylic oxidation sites excluding steroid dienone is 9. The zero-order valence-corrected chi connectivity index (χ0v) is 44.5. The molecule has 1 amide bonds. The average Bonchev–Trinajstić information content (AvgIpc) is 3.36. The standard InChI is InChI=1S/C59H105NO10/c1-3-5-7-9-11-13-14-15-24-27-31-35-39-43-47-55(64)68-48-44-40-36-32-28-25-22-20-18-16-17-19-21-23-26-30-34-38-42-46-54(63)60-51(52(62)45-41-37-33-29-12-10-8-6-4-2)50-69-59-58(67)57(66)56(65)53(49-61)70-59/h12,14-15,20,22,25,28-29,41,45,51-53,56-59,61-62,65-67H,3-11,13,16-19,21,23-24,26-27,30-40,42-44,46-50H2,1-2H3,(H,60,63)/b15-14-,22-20-,28-25-,29-12+,45-41+. The molecule has 1 aliphatic heterocycles. The number of rotatable bonds is 48. The fraction of sp³-hybridized carbons (Fsp3) is 0.797. The molecule has 0 aromatic carbocycles. The van der Waals surface area contributed by atoms with Gasteiger partial charge in [0.05, 0.1) is 32.0 Å². The summed E-state index contributed by atoms with van der Waals surface area (Å²) in [6, 6.07) is -0.835. The Balaban J connectivity index is 2.08. The molecule has 11 heteroatoms. The van der Waals surface area contributed by atoms with Gasteiger partial charge in [0.2, 0.25) is 5.91 Å². The third kappa shape index (κ3) is 38.0. The van der Waals surface area contributed by atoms with Gasteiger partial charge in [0.25, 0.3) is 0 Å². The number of hydrogen-bond donors (Lipinski definition) is 6. The lowest BCUT2D eigenvalue weighted by Gasteiger charge is -2.40. The van der Waals surface area contributed by atoms with Gasteiger partial charge in [-0.2, -0.15) is 0 Å². The van der Waals surface area contributed by atoms with Gasteiger partial charge in [-0.05, 0) is 103 Å². The Bertz CT molecular complexity index is 1350. The van der Waals surface area contributed by atoms with Crippen molar-refractivity contribution in [1.82, 2.24) is 5.32 Å². The lowest BCUT2D eigenvalue weighted by atomic mass is 9.99. The SMILES string of the molecule is CCCCC/C=C/CC/C=C/C(O)C(COC1OC(CO)C(O)C(O)C1O)NC(=O)CCCCCCCCCCCC/C=C\C=C/CCCCCOC(=O)CCCCCCC/C=C\CCCCCCC. The molecule has 7 unspecified atom stereocenters. The minimum Gasteiger partial charge on any atom is -0.466 e. The van der Waals surface area contributed by atoms with E-state index in [-0.39, 0.29) is 18.5 Å². The third-order valence-corrected chi connectivity index (χ3v) is 13.1. The molecule has 406 valence electrons. The van der Waals surface area contributed by atoms with Crippen molar-refractivity contribution < 1.29 is 49.3 Å². The van der Waals surface area contributed by atoms with E-state index in [1.807, 2.05) is 6.08 Å². The van der Waals surface area contributed by atoms with Crippen LogP contribution in [0.25, 0.3) is 0 Å². The van der Waals surface area contributed by atoms with E-state index in [4.69, 9.17) is 14.2 Å². The Kier molecular flexibility index (Phi) is 45.4. The van der Waals surface area contributed by atoms with Crippen LogP contribution in [0.1, 0.15) is 239 Å². The quantitative estimate of drug-likeness (QED) is 0.0149. The van der Waals surface area contributed by atoms with Crippen LogP contribution in [0.5, 0.6) is 0 Å². The highest BCUT2D eigenvalue weighted by Crippen LogP contribution is 2.23. The van der Waals surface area contributed by atoms with Gasteiger partial charge < -0.3 is 45.1 Å². The van der Waals surface area contributed by atoms with Gasteiger partial charge in [0.1, 0.15) is 24.4 Å². The highest BCUT2D eigenvalue weighted by molar-refractivity contribution is 5.76. The van der Waals surface area contributed by atoms with Crippen LogP contribution in [0.2, 0.25) is 0 Å². The zero-order chi connectivity index (χ0) is 51.0. The highest BCUT2D eigenvalue weighted by Gasteiger charge is 2.44. The summed E-state index contributed by atoms with van der Waals surface area (Å²) in [4.78, 5) is 25.0. The molecule has 0 aromatic rings. The minimum atomic E-state index is -1.58. The molecule has 1 heterocycles. The molecular formula is C59H105NO10. The first-order valence-corrected chi connectivity index (χ1v) is 28.6. The number of aliphatic hydroxyl groups excluding tert-OH is 5. The highest BCUT2D eigenvalue weighted by atomic mass is 16.7. The summed E-state index contributed by atoms with van der Waals surface area (Å²) in [7, 11) is 0.